The fourth-order valence-electron chi connectivity index (χ4n) is 10.5. The summed E-state index contributed by atoms with van der Waals surface area (Å²) < 4.78 is 18.3. The minimum absolute atomic E-state index is 0.0263. The van der Waals surface area contributed by atoms with Gasteiger partial charge in [-0.15, -0.1) is 0 Å². The molecule has 0 aromatic carbocycles. The monoisotopic (exact) mass is 888 g/mol. The summed E-state index contributed by atoms with van der Waals surface area (Å²) in [4.78, 5) is 57.6. The van der Waals surface area contributed by atoms with Gasteiger partial charge in [0.2, 0.25) is 11.6 Å². The number of aliphatic hydroxyl groups excluding tert-OH is 4. The molecule has 5 N–H and O–H groups in total. The Morgan fingerprint density at radius 3 is 2.24 bits per heavy atom. The Labute approximate surface area is 376 Å². The van der Waals surface area contributed by atoms with E-state index in [0.29, 0.717) is 70.6 Å². The molecule has 2 saturated heterocycles. The number of hydrogen-bond donors (Lipinski definition) is 5. The smallest absolute Gasteiger partial charge is 0.323 e. The fraction of sp³-hybridized carbons (Fsp3) is 0.800. The van der Waals surface area contributed by atoms with Crippen LogP contribution in [0.3, 0.4) is 0 Å². The highest BCUT2D eigenvalue weighted by Gasteiger charge is 2.53. The molecule has 0 aromatic rings. The number of ketones is 3. The number of carbonyl (C=O) groups excluding carboxylic acids is 4. The molecule has 0 amide bonds. The van der Waals surface area contributed by atoms with Gasteiger partial charge in [0.05, 0.1) is 30.5 Å². The number of fused-ring (bicyclic) bond motifs is 3. The van der Waals surface area contributed by atoms with Gasteiger partial charge < -0.3 is 39.7 Å². The highest BCUT2D eigenvalue weighted by Crippen LogP contribution is 2.38. The van der Waals surface area contributed by atoms with Crippen molar-refractivity contribution in [3.05, 3.63) is 36.0 Å². The lowest BCUT2D eigenvalue weighted by atomic mass is 9.77. The summed E-state index contributed by atoms with van der Waals surface area (Å²) in [6, 6.07) is -1.03. The summed E-state index contributed by atoms with van der Waals surface area (Å²) >= 11 is 0. The Balaban J connectivity index is 1.66. The molecule has 0 aromatic heterocycles. The molecule has 63 heavy (non-hydrogen) atoms. The number of methoxy groups -OCH3 is 1. The third-order valence-corrected chi connectivity index (χ3v) is 14.9. The molecule has 0 radical (unpaired) electrons. The molecule has 2 bridgehead atoms. The molecule has 3 heterocycles. The van der Waals surface area contributed by atoms with Gasteiger partial charge in [-0.1, -0.05) is 85.3 Å². The molecule has 4 rings (SSSR count). The van der Waals surface area contributed by atoms with Crippen molar-refractivity contribution in [2.45, 2.75) is 194 Å². The Hall–Kier alpha value is -2.62. The number of aliphatic hydroxyl groups is 5. The summed E-state index contributed by atoms with van der Waals surface area (Å²) in [7, 11) is 1.59. The molecule has 1 saturated carbocycles. The van der Waals surface area contributed by atoms with E-state index in [4.69, 9.17) is 14.2 Å². The lowest BCUT2D eigenvalue weighted by molar-refractivity contribution is -0.275. The van der Waals surface area contributed by atoms with Crippen LogP contribution in [0.4, 0.5) is 0 Å². The third kappa shape index (κ3) is 14.2. The number of cyclic esters (lactones) is 1. The van der Waals surface area contributed by atoms with Crippen LogP contribution >= 0.6 is 0 Å². The molecule has 4 aliphatic rings. The number of ether oxygens (including phenoxy) is 3. The van der Waals surface area contributed by atoms with Crippen molar-refractivity contribution in [3.8, 4) is 0 Å². The van der Waals surface area contributed by atoms with Crippen LogP contribution in [0.25, 0.3) is 0 Å². The predicted molar refractivity (Wildman–Crippen MR) is 240 cm³/mol. The van der Waals surface area contributed by atoms with Crippen LogP contribution in [0.15, 0.2) is 36.0 Å². The summed E-state index contributed by atoms with van der Waals surface area (Å²) in [5.41, 5.74) is 0.908. The quantitative estimate of drug-likeness (QED) is 0.206. The summed E-state index contributed by atoms with van der Waals surface area (Å²) in [6.45, 7) is 15.1. The van der Waals surface area contributed by atoms with E-state index in [1.165, 1.54) is 4.90 Å². The second-order valence-electron chi connectivity index (χ2n) is 20.1. The van der Waals surface area contributed by atoms with E-state index < -0.39 is 78.1 Å². The molecule has 3 aliphatic heterocycles. The lowest BCUT2D eigenvalue weighted by Crippen LogP contribution is -2.62. The van der Waals surface area contributed by atoms with Gasteiger partial charge in [-0.05, 0) is 100 Å². The van der Waals surface area contributed by atoms with E-state index >= 15 is 0 Å². The first-order valence-corrected chi connectivity index (χ1v) is 23.9. The maximum atomic E-state index is 14.3. The molecule has 17 unspecified atom stereocenters. The zero-order valence-electron chi connectivity index (χ0n) is 39.6. The van der Waals surface area contributed by atoms with Crippen LogP contribution in [-0.2, 0) is 33.4 Å². The van der Waals surface area contributed by atoms with Gasteiger partial charge in [-0.2, -0.15) is 0 Å². The zero-order chi connectivity index (χ0) is 46.8. The zero-order valence-corrected chi connectivity index (χ0v) is 39.6. The van der Waals surface area contributed by atoms with Crippen LogP contribution in [0.1, 0.15) is 139 Å². The molecule has 17 atom stereocenters. The van der Waals surface area contributed by atoms with E-state index in [1.54, 1.807) is 27.9 Å². The highest BCUT2D eigenvalue weighted by atomic mass is 16.6. The number of hydrogen-bond acceptors (Lipinski definition) is 13. The van der Waals surface area contributed by atoms with Crippen molar-refractivity contribution in [2.24, 2.45) is 47.3 Å². The standard InChI is InChI=1S/C50H81NO12/c1-29-15-11-10-12-16-30(2)43(61-9)27-38-20-18-35(7)50(60,63-38)47(57)48(58)51-22-14-13-17-39(51)49(59)62-44(32(4)25-37-19-21-40(52)42(54)26-37)28-41(53)31(3)24-34(6)46(56)36(8)45(55)33(5)23-29/h10-12,15-16,29,31-40,42-44,46,48,52,54,56,58,60H,13-14,17-28H2,1-9H3/b12-10+,15-11+,30-16+. The minimum Gasteiger partial charge on any atom is -0.460 e. The molecule has 1 aliphatic carbocycles. The van der Waals surface area contributed by atoms with E-state index in [0.717, 1.165) is 5.57 Å². The maximum absolute atomic E-state index is 14.3. The number of Topliss-reactive ketones (excluding diaryl/α,β-unsaturated/α-hetero) is 3. The Kier molecular flexibility index (Phi) is 20.4. The van der Waals surface area contributed by atoms with E-state index in [9.17, 15) is 44.7 Å². The number of nitrogens with zero attached hydrogens (tertiary/aromatic N) is 1. The molecular formula is C50H81NO12. The van der Waals surface area contributed by atoms with E-state index in [-0.39, 0.29) is 66.6 Å². The second-order valence-corrected chi connectivity index (χ2v) is 20.1. The summed E-state index contributed by atoms with van der Waals surface area (Å²) in [5, 5.41) is 55.7. The van der Waals surface area contributed by atoms with Crippen LogP contribution in [-0.4, -0.2) is 122 Å². The number of piperidine rings is 1. The first-order chi connectivity index (χ1) is 29.7. The molecule has 3 fully saturated rings. The van der Waals surface area contributed by atoms with Gasteiger partial charge in [0.15, 0.2) is 6.23 Å². The van der Waals surface area contributed by atoms with E-state index in [2.05, 4.69) is 0 Å². The first-order valence-electron chi connectivity index (χ1n) is 23.9. The summed E-state index contributed by atoms with van der Waals surface area (Å²) in [5.74, 6) is -6.85. The van der Waals surface area contributed by atoms with Gasteiger partial charge in [0, 0.05) is 50.2 Å². The third-order valence-electron chi connectivity index (χ3n) is 14.9. The Bertz CT molecular complexity index is 1610. The second kappa shape index (κ2) is 24.2. The van der Waals surface area contributed by atoms with Crippen molar-refractivity contribution < 1.29 is 58.9 Å². The van der Waals surface area contributed by atoms with Gasteiger partial charge in [0.25, 0.3) is 0 Å². The van der Waals surface area contributed by atoms with Crippen molar-refractivity contribution in [1.29, 1.82) is 0 Å². The van der Waals surface area contributed by atoms with Gasteiger partial charge in [-0.25, -0.2) is 0 Å². The molecule has 358 valence electrons. The van der Waals surface area contributed by atoms with Crippen molar-refractivity contribution in [2.75, 3.05) is 13.7 Å². The SMILES string of the molecule is COC1CC2CCC(C)C(O)(O2)C(=O)C(O)N2CCCCC2C(=O)OC(C(C)CC2CCC(O)C(O)C2)CC(=O)C(C)CC(C)C(O)C(C)C(=O)C(C)CC(C)/C=C/C=C/C=C/1C. The number of carbonyl (C=O) groups is 4. The van der Waals surface area contributed by atoms with Crippen LogP contribution < -0.4 is 0 Å². The molecule has 13 nitrogen and oxygen atoms in total. The first kappa shape index (κ1) is 53.0. The van der Waals surface area contributed by atoms with E-state index in [1.807, 2.05) is 65.0 Å². The highest BCUT2D eigenvalue weighted by molar-refractivity contribution is 5.90. The topological polar surface area (TPSA) is 200 Å². The minimum atomic E-state index is -2.32. The number of esters is 1. The van der Waals surface area contributed by atoms with Gasteiger partial charge in [0.1, 0.15) is 23.7 Å². The average molecular weight is 888 g/mol. The van der Waals surface area contributed by atoms with Crippen LogP contribution in [0, 0.1) is 47.3 Å². The maximum Gasteiger partial charge on any atom is 0.323 e. The van der Waals surface area contributed by atoms with Crippen LogP contribution in [0.2, 0.25) is 0 Å². The van der Waals surface area contributed by atoms with Crippen LogP contribution in [0.5, 0.6) is 0 Å². The van der Waals surface area contributed by atoms with Gasteiger partial charge >= 0.3 is 5.97 Å². The summed E-state index contributed by atoms with van der Waals surface area (Å²) in [6.07, 6.45) is 9.08. The lowest BCUT2D eigenvalue weighted by Gasteiger charge is -2.45. The van der Waals surface area contributed by atoms with Gasteiger partial charge in [-0.3, -0.25) is 24.1 Å². The molecular weight excluding hydrogens is 807 g/mol. The van der Waals surface area contributed by atoms with Crippen molar-refractivity contribution >= 4 is 23.3 Å². The number of rotatable bonds is 4. The predicted octanol–water partition coefficient (Wildman–Crippen LogP) is 6.02. The largest absolute Gasteiger partial charge is 0.460 e. The molecule has 0 spiro atoms. The van der Waals surface area contributed by atoms with Crippen molar-refractivity contribution in [3.63, 3.8) is 0 Å². The average Bonchev–Trinajstić information content (AvgIpc) is 3.25. The Morgan fingerprint density at radius 2 is 1.56 bits per heavy atom. The number of allylic oxidation sites excluding steroid dienone is 5. The van der Waals surface area contributed by atoms with Crippen molar-refractivity contribution in [1.82, 2.24) is 4.90 Å². The normalized spacial score (nSPS) is 43.2. The Morgan fingerprint density at radius 1 is 0.841 bits per heavy atom. The molecule has 13 heteroatoms. The fourth-order valence-corrected chi connectivity index (χ4v) is 10.5.